The third kappa shape index (κ3) is 0.821. The molecule has 2 aliphatic carbocycles. The topological polar surface area (TPSA) is 26.3 Å². The van der Waals surface area contributed by atoms with Crippen molar-refractivity contribution in [2.24, 2.45) is 28.6 Å². The molecule has 0 aromatic carbocycles. The first-order valence-corrected chi connectivity index (χ1v) is 6.12. The number of carbonyl (C=O) groups is 1. The molecule has 3 fully saturated rings. The van der Waals surface area contributed by atoms with Crippen LogP contribution < -0.4 is 0 Å². The number of ether oxygens (including phenoxy) is 1. The maximum atomic E-state index is 11.8. The lowest BCUT2D eigenvalue weighted by molar-refractivity contribution is -0.144. The normalized spacial score (nSPS) is 56.6. The Labute approximate surface area is 91.4 Å². The Hall–Kier alpha value is -0.530. The molecule has 2 nitrogen and oxygen atoms in total. The van der Waals surface area contributed by atoms with Crippen molar-refractivity contribution in [3.05, 3.63) is 0 Å². The zero-order valence-corrected chi connectivity index (χ0v) is 10.0. The van der Waals surface area contributed by atoms with Crippen LogP contribution in [0.4, 0.5) is 0 Å². The van der Waals surface area contributed by atoms with E-state index in [9.17, 15) is 4.79 Å². The van der Waals surface area contributed by atoms with Gasteiger partial charge in [0.2, 0.25) is 0 Å². The van der Waals surface area contributed by atoms with Crippen LogP contribution in [0.15, 0.2) is 0 Å². The molecule has 2 saturated carbocycles. The first kappa shape index (κ1) is 9.68. The first-order valence-electron chi connectivity index (χ1n) is 6.12. The summed E-state index contributed by atoms with van der Waals surface area (Å²) in [7, 11) is 0. The van der Waals surface area contributed by atoms with E-state index in [-0.39, 0.29) is 23.4 Å². The summed E-state index contributed by atoms with van der Waals surface area (Å²) in [6, 6.07) is 0. The lowest BCUT2D eigenvalue weighted by Crippen LogP contribution is -2.38. The van der Waals surface area contributed by atoms with Crippen LogP contribution in [0, 0.1) is 28.6 Å². The number of hydrogen-bond acceptors (Lipinski definition) is 2. The summed E-state index contributed by atoms with van der Waals surface area (Å²) in [6.45, 7) is 9.15. The van der Waals surface area contributed by atoms with Gasteiger partial charge in [0.15, 0.2) is 0 Å². The molecular formula is C13H20O2. The number of hydrogen-bond donors (Lipinski definition) is 0. The average molecular weight is 208 g/mol. The molecule has 5 atom stereocenters. The molecule has 84 valence electrons. The molecule has 1 saturated heterocycles. The Morgan fingerprint density at radius 2 is 2.13 bits per heavy atom. The molecule has 0 spiro atoms. The quantitative estimate of drug-likeness (QED) is 0.619. The van der Waals surface area contributed by atoms with Gasteiger partial charge in [0.05, 0.1) is 5.92 Å². The predicted molar refractivity (Wildman–Crippen MR) is 57.1 cm³/mol. The van der Waals surface area contributed by atoms with E-state index in [0.29, 0.717) is 17.3 Å². The summed E-state index contributed by atoms with van der Waals surface area (Å²) in [6.07, 6.45) is 2.46. The Kier molecular flexibility index (Phi) is 1.56. The van der Waals surface area contributed by atoms with E-state index in [4.69, 9.17) is 4.74 Å². The monoisotopic (exact) mass is 208 g/mol. The van der Waals surface area contributed by atoms with E-state index >= 15 is 0 Å². The Bertz CT molecular complexity index is 335. The minimum Gasteiger partial charge on any atom is -0.461 e. The molecule has 15 heavy (non-hydrogen) atoms. The average Bonchev–Trinajstić information content (AvgIpc) is 2.62. The highest BCUT2D eigenvalue weighted by Crippen LogP contribution is 2.72. The van der Waals surface area contributed by atoms with Gasteiger partial charge in [-0.25, -0.2) is 0 Å². The molecule has 1 heterocycles. The van der Waals surface area contributed by atoms with E-state index in [1.54, 1.807) is 0 Å². The van der Waals surface area contributed by atoms with Crippen LogP contribution in [0.2, 0.25) is 0 Å². The summed E-state index contributed by atoms with van der Waals surface area (Å²) in [5.74, 6) is 1.48. The number of esters is 1. The SMILES string of the molecule is CC(C)C12CC3C(=O)OC(C1C)C3(C)C2. The minimum absolute atomic E-state index is 0.0781. The number of fused-ring (bicyclic) bond motifs is 1. The fourth-order valence-electron chi connectivity index (χ4n) is 4.80. The fraction of sp³-hybridized carbons (Fsp3) is 0.923. The third-order valence-electron chi connectivity index (χ3n) is 5.78. The zero-order chi connectivity index (χ0) is 11.0. The maximum absolute atomic E-state index is 11.8. The van der Waals surface area contributed by atoms with Crippen molar-refractivity contribution in [1.29, 1.82) is 0 Å². The van der Waals surface area contributed by atoms with Crippen molar-refractivity contribution in [2.45, 2.75) is 46.6 Å². The van der Waals surface area contributed by atoms with Gasteiger partial charge < -0.3 is 4.74 Å². The van der Waals surface area contributed by atoms with Gasteiger partial charge in [0.1, 0.15) is 6.10 Å². The molecule has 3 aliphatic rings. The molecule has 5 unspecified atom stereocenters. The van der Waals surface area contributed by atoms with Crippen LogP contribution in [0.3, 0.4) is 0 Å². The molecule has 0 radical (unpaired) electrons. The second-order valence-electron chi connectivity index (χ2n) is 6.47. The van der Waals surface area contributed by atoms with Gasteiger partial charge in [-0.05, 0) is 30.1 Å². The second-order valence-corrected chi connectivity index (χ2v) is 6.47. The molecule has 1 aliphatic heterocycles. The van der Waals surface area contributed by atoms with E-state index < -0.39 is 0 Å². The van der Waals surface area contributed by atoms with Gasteiger partial charge in [0, 0.05) is 5.41 Å². The molecule has 2 heteroatoms. The highest BCUT2D eigenvalue weighted by molar-refractivity contribution is 5.78. The standard InChI is InChI=1S/C13H20O2/c1-7(2)13-5-9-11(14)15-10(8(13)3)12(9,4)6-13/h7-10H,5-6H2,1-4H3. The van der Waals surface area contributed by atoms with Crippen LogP contribution in [0.1, 0.15) is 40.5 Å². The van der Waals surface area contributed by atoms with Crippen molar-refractivity contribution in [3.63, 3.8) is 0 Å². The van der Waals surface area contributed by atoms with Crippen LogP contribution in [0.5, 0.6) is 0 Å². The van der Waals surface area contributed by atoms with E-state index in [1.807, 2.05) is 0 Å². The van der Waals surface area contributed by atoms with Crippen molar-refractivity contribution < 1.29 is 9.53 Å². The summed E-state index contributed by atoms with van der Waals surface area (Å²) < 4.78 is 5.59. The molecule has 3 rings (SSSR count). The summed E-state index contributed by atoms with van der Waals surface area (Å²) >= 11 is 0. The highest BCUT2D eigenvalue weighted by Gasteiger charge is 2.73. The summed E-state index contributed by atoms with van der Waals surface area (Å²) in [5.41, 5.74) is 0.525. The van der Waals surface area contributed by atoms with Gasteiger partial charge in [-0.15, -0.1) is 0 Å². The van der Waals surface area contributed by atoms with Crippen molar-refractivity contribution in [1.82, 2.24) is 0 Å². The van der Waals surface area contributed by atoms with Crippen molar-refractivity contribution in [3.8, 4) is 0 Å². The largest absolute Gasteiger partial charge is 0.461 e. The van der Waals surface area contributed by atoms with Gasteiger partial charge in [-0.2, -0.15) is 0 Å². The van der Waals surface area contributed by atoms with Crippen LogP contribution >= 0.6 is 0 Å². The van der Waals surface area contributed by atoms with Gasteiger partial charge in [0.25, 0.3) is 0 Å². The number of carbonyl (C=O) groups excluding carboxylic acids is 1. The van der Waals surface area contributed by atoms with Crippen molar-refractivity contribution in [2.75, 3.05) is 0 Å². The van der Waals surface area contributed by atoms with E-state index in [1.165, 1.54) is 6.42 Å². The molecule has 0 aromatic rings. The van der Waals surface area contributed by atoms with Gasteiger partial charge in [-0.1, -0.05) is 27.7 Å². The Morgan fingerprint density at radius 3 is 2.60 bits per heavy atom. The molecule has 0 amide bonds. The Morgan fingerprint density at radius 1 is 1.47 bits per heavy atom. The molecular weight excluding hydrogens is 188 g/mol. The van der Waals surface area contributed by atoms with Gasteiger partial charge >= 0.3 is 5.97 Å². The summed E-state index contributed by atoms with van der Waals surface area (Å²) in [5, 5.41) is 0. The van der Waals surface area contributed by atoms with Crippen LogP contribution in [0.25, 0.3) is 0 Å². The smallest absolute Gasteiger partial charge is 0.309 e. The van der Waals surface area contributed by atoms with Crippen LogP contribution in [-0.2, 0) is 9.53 Å². The van der Waals surface area contributed by atoms with Gasteiger partial charge in [-0.3, -0.25) is 4.79 Å². The third-order valence-corrected chi connectivity index (χ3v) is 5.78. The maximum Gasteiger partial charge on any atom is 0.309 e. The fourth-order valence-corrected chi connectivity index (χ4v) is 4.80. The van der Waals surface area contributed by atoms with E-state index in [2.05, 4.69) is 27.7 Å². The minimum atomic E-state index is 0.0781. The molecule has 0 N–H and O–H groups in total. The second kappa shape index (κ2) is 2.41. The van der Waals surface area contributed by atoms with Crippen molar-refractivity contribution >= 4 is 5.97 Å². The lowest BCUT2D eigenvalue weighted by Gasteiger charge is -2.38. The molecule has 2 bridgehead atoms. The first-order chi connectivity index (χ1) is 6.92. The predicted octanol–water partition coefficient (Wildman–Crippen LogP) is 2.62. The Balaban J connectivity index is 2.10. The van der Waals surface area contributed by atoms with Crippen LogP contribution in [-0.4, -0.2) is 12.1 Å². The summed E-state index contributed by atoms with van der Waals surface area (Å²) in [4.78, 5) is 11.8. The lowest BCUT2D eigenvalue weighted by atomic mass is 9.65. The molecule has 0 aromatic heterocycles. The zero-order valence-electron chi connectivity index (χ0n) is 10.0. The highest BCUT2D eigenvalue weighted by atomic mass is 16.6. The number of rotatable bonds is 1. The van der Waals surface area contributed by atoms with E-state index in [0.717, 1.165) is 6.42 Å².